The van der Waals surface area contributed by atoms with E-state index >= 15 is 0 Å². The molecule has 0 radical (unpaired) electrons. The number of urea groups is 1. The Kier molecular flexibility index (Phi) is 8.83. The van der Waals surface area contributed by atoms with Gasteiger partial charge in [0.2, 0.25) is 0 Å². The van der Waals surface area contributed by atoms with Gasteiger partial charge in [0.25, 0.3) is 0 Å². The van der Waals surface area contributed by atoms with Crippen LogP contribution in [0.15, 0.2) is 53.4 Å². The van der Waals surface area contributed by atoms with Gasteiger partial charge in [0.15, 0.2) is 11.6 Å². The second-order valence-electron chi connectivity index (χ2n) is 7.43. The maximum absolute atomic E-state index is 13.8. The lowest BCUT2D eigenvalue weighted by atomic mass is 10.0. The van der Waals surface area contributed by atoms with Gasteiger partial charge in [0.05, 0.1) is 7.11 Å². The van der Waals surface area contributed by atoms with Gasteiger partial charge in [-0.05, 0) is 54.8 Å². The number of nitrogens with one attached hydrogen (secondary N) is 2. The van der Waals surface area contributed by atoms with Crippen LogP contribution in [0.5, 0.6) is 5.75 Å². The Bertz CT molecular complexity index is 798. The van der Waals surface area contributed by atoms with E-state index in [1.807, 2.05) is 24.3 Å². The minimum atomic E-state index is -0.328. The highest BCUT2D eigenvalue weighted by atomic mass is 32.2. The predicted octanol–water partition coefficient (Wildman–Crippen LogP) is 4.28. The first-order valence-corrected chi connectivity index (χ1v) is 11.4. The summed E-state index contributed by atoms with van der Waals surface area (Å²) in [5.41, 5.74) is 0.936. The van der Waals surface area contributed by atoms with Crippen molar-refractivity contribution in [1.29, 1.82) is 0 Å². The average molecular weight is 432 g/mol. The van der Waals surface area contributed by atoms with E-state index < -0.39 is 0 Å². The van der Waals surface area contributed by atoms with Crippen molar-refractivity contribution in [3.8, 4) is 5.75 Å². The van der Waals surface area contributed by atoms with E-state index in [0.717, 1.165) is 43.7 Å². The van der Waals surface area contributed by atoms with Gasteiger partial charge >= 0.3 is 6.03 Å². The van der Waals surface area contributed by atoms with Gasteiger partial charge in [-0.2, -0.15) is 0 Å². The van der Waals surface area contributed by atoms with E-state index in [0.29, 0.717) is 13.1 Å². The number of likely N-dealkylation sites (tertiary alicyclic amines) is 1. The first-order valence-electron chi connectivity index (χ1n) is 10.4. The average Bonchev–Trinajstić information content (AvgIpc) is 2.76. The van der Waals surface area contributed by atoms with Gasteiger partial charge in [-0.3, -0.25) is 4.90 Å². The number of thioether (sulfide) groups is 1. The number of methoxy groups -OCH3 is 1. The summed E-state index contributed by atoms with van der Waals surface area (Å²) in [4.78, 5) is 15.7. The summed E-state index contributed by atoms with van der Waals surface area (Å²) in [6.45, 7) is 3.14. The summed E-state index contributed by atoms with van der Waals surface area (Å²) in [6, 6.07) is 15.5. The maximum Gasteiger partial charge on any atom is 0.315 e. The van der Waals surface area contributed by atoms with Crippen LogP contribution in [-0.4, -0.2) is 49.5 Å². The molecule has 30 heavy (non-hydrogen) atoms. The summed E-state index contributed by atoms with van der Waals surface area (Å²) < 4.78 is 18.8. The molecule has 2 aromatic rings. The van der Waals surface area contributed by atoms with Crippen molar-refractivity contribution in [3.63, 3.8) is 0 Å². The van der Waals surface area contributed by atoms with E-state index in [1.165, 1.54) is 18.1 Å². The van der Waals surface area contributed by atoms with Crippen molar-refractivity contribution in [2.45, 2.75) is 36.7 Å². The molecular weight excluding hydrogens is 401 g/mol. The Hall–Kier alpha value is -2.25. The number of carbonyl (C=O) groups excluding carboxylic acids is 1. The second kappa shape index (κ2) is 11.8. The van der Waals surface area contributed by atoms with Crippen molar-refractivity contribution in [3.05, 3.63) is 59.9 Å². The van der Waals surface area contributed by atoms with E-state index in [4.69, 9.17) is 4.74 Å². The molecule has 0 spiro atoms. The van der Waals surface area contributed by atoms with Crippen LogP contribution in [0.25, 0.3) is 0 Å². The Morgan fingerprint density at radius 1 is 1.20 bits per heavy atom. The number of rotatable bonds is 9. The first-order chi connectivity index (χ1) is 14.6. The Morgan fingerprint density at radius 3 is 2.67 bits per heavy atom. The molecule has 1 aliphatic rings. The van der Waals surface area contributed by atoms with Crippen LogP contribution in [-0.2, 0) is 6.54 Å². The van der Waals surface area contributed by atoms with Crippen molar-refractivity contribution >= 4 is 17.8 Å². The van der Waals surface area contributed by atoms with Crippen LogP contribution in [0.3, 0.4) is 0 Å². The monoisotopic (exact) mass is 431 g/mol. The molecule has 5 nitrogen and oxygen atoms in total. The second-order valence-corrected chi connectivity index (χ2v) is 8.60. The van der Waals surface area contributed by atoms with Crippen molar-refractivity contribution < 1.29 is 13.9 Å². The molecule has 3 rings (SSSR count). The normalized spacial score (nSPS) is 15.0. The minimum absolute atomic E-state index is 0.0876. The number of amides is 2. The molecule has 0 atom stereocenters. The van der Waals surface area contributed by atoms with Crippen LogP contribution in [0.2, 0.25) is 0 Å². The standard InChI is InChI=1S/C23H30FN3O2S/c1-29-22-9-8-18(16-21(22)24)17-27-13-10-19(11-14-27)26-23(28)25-12-5-15-30-20-6-3-2-4-7-20/h2-4,6-9,16,19H,5,10-15,17H2,1H3,(H2,25,26,28). The molecule has 162 valence electrons. The molecule has 1 aliphatic heterocycles. The van der Waals surface area contributed by atoms with Gasteiger partial charge in [0.1, 0.15) is 0 Å². The molecule has 2 amide bonds. The van der Waals surface area contributed by atoms with E-state index in [-0.39, 0.29) is 23.6 Å². The highest BCUT2D eigenvalue weighted by Gasteiger charge is 2.21. The lowest BCUT2D eigenvalue weighted by Gasteiger charge is -2.32. The number of carbonyl (C=O) groups is 1. The van der Waals surface area contributed by atoms with Crippen molar-refractivity contribution in [2.24, 2.45) is 0 Å². The fraction of sp³-hybridized carbons (Fsp3) is 0.435. The zero-order valence-electron chi connectivity index (χ0n) is 17.4. The number of ether oxygens (including phenoxy) is 1. The molecule has 0 unspecified atom stereocenters. The fourth-order valence-corrected chi connectivity index (χ4v) is 4.39. The van der Waals surface area contributed by atoms with E-state index in [1.54, 1.807) is 17.8 Å². The third kappa shape index (κ3) is 7.22. The van der Waals surface area contributed by atoms with Gasteiger partial charge in [-0.25, -0.2) is 9.18 Å². The number of hydrogen-bond acceptors (Lipinski definition) is 4. The Labute approximate surface area is 182 Å². The van der Waals surface area contributed by atoms with Crippen LogP contribution in [0, 0.1) is 5.82 Å². The summed E-state index contributed by atoms with van der Waals surface area (Å²) in [7, 11) is 1.47. The number of nitrogens with zero attached hydrogens (tertiary/aromatic N) is 1. The maximum atomic E-state index is 13.8. The van der Waals surface area contributed by atoms with Gasteiger partial charge in [-0.1, -0.05) is 24.3 Å². The molecule has 0 aromatic heterocycles. The Balaban J connectivity index is 1.28. The predicted molar refractivity (Wildman–Crippen MR) is 120 cm³/mol. The zero-order valence-corrected chi connectivity index (χ0v) is 18.2. The molecule has 1 saturated heterocycles. The Morgan fingerprint density at radius 2 is 1.97 bits per heavy atom. The van der Waals surface area contributed by atoms with Crippen LogP contribution < -0.4 is 15.4 Å². The topological polar surface area (TPSA) is 53.6 Å². The summed E-state index contributed by atoms with van der Waals surface area (Å²) in [6.07, 6.45) is 2.73. The third-order valence-corrected chi connectivity index (χ3v) is 6.26. The summed E-state index contributed by atoms with van der Waals surface area (Å²) >= 11 is 1.80. The zero-order chi connectivity index (χ0) is 21.2. The fourth-order valence-electron chi connectivity index (χ4n) is 3.52. The number of piperidine rings is 1. The largest absolute Gasteiger partial charge is 0.494 e. The molecule has 2 N–H and O–H groups in total. The molecule has 7 heteroatoms. The summed E-state index contributed by atoms with van der Waals surface area (Å²) in [5, 5.41) is 6.03. The van der Waals surface area contributed by atoms with Crippen LogP contribution in [0.4, 0.5) is 9.18 Å². The quantitative estimate of drug-likeness (QED) is 0.460. The number of hydrogen-bond donors (Lipinski definition) is 2. The van der Waals surface area contributed by atoms with Crippen molar-refractivity contribution in [1.82, 2.24) is 15.5 Å². The molecule has 0 bridgehead atoms. The molecule has 1 fully saturated rings. The molecule has 0 aliphatic carbocycles. The number of benzene rings is 2. The highest BCUT2D eigenvalue weighted by Crippen LogP contribution is 2.20. The van der Waals surface area contributed by atoms with Crippen LogP contribution in [0.1, 0.15) is 24.8 Å². The smallest absolute Gasteiger partial charge is 0.315 e. The summed E-state index contributed by atoms with van der Waals surface area (Å²) in [5.74, 6) is 0.922. The van der Waals surface area contributed by atoms with Gasteiger partial charge in [0, 0.05) is 37.1 Å². The third-order valence-electron chi connectivity index (χ3n) is 5.16. The van der Waals surface area contributed by atoms with Gasteiger partial charge < -0.3 is 15.4 Å². The molecule has 2 aromatic carbocycles. The van der Waals surface area contributed by atoms with Crippen LogP contribution >= 0.6 is 11.8 Å². The first kappa shape index (κ1) is 22.4. The highest BCUT2D eigenvalue weighted by molar-refractivity contribution is 7.99. The van der Waals surface area contributed by atoms with E-state index in [2.05, 4.69) is 27.7 Å². The van der Waals surface area contributed by atoms with Gasteiger partial charge in [-0.15, -0.1) is 11.8 Å². The SMILES string of the molecule is COc1ccc(CN2CCC(NC(=O)NCCCSc3ccccc3)CC2)cc1F. The molecule has 0 saturated carbocycles. The molecule has 1 heterocycles. The number of halogens is 1. The van der Waals surface area contributed by atoms with Crippen molar-refractivity contribution in [2.75, 3.05) is 32.5 Å². The lowest BCUT2D eigenvalue weighted by Crippen LogP contribution is -2.47. The minimum Gasteiger partial charge on any atom is -0.494 e. The van der Waals surface area contributed by atoms with E-state index in [9.17, 15) is 9.18 Å². The lowest BCUT2D eigenvalue weighted by molar-refractivity contribution is 0.186. The molecular formula is C23H30FN3O2S.